The second-order valence-electron chi connectivity index (χ2n) is 13.3. The Morgan fingerprint density at radius 2 is 1.86 bits per heavy atom. The number of aliphatic hydroxyl groups is 1. The van der Waals surface area contributed by atoms with Crippen LogP contribution in [0.4, 0.5) is 10.2 Å². The van der Waals surface area contributed by atoms with Crippen LogP contribution in [-0.4, -0.2) is 111 Å². The summed E-state index contributed by atoms with van der Waals surface area (Å²) < 4.78 is 20.4. The second-order valence-corrected chi connectivity index (χ2v) is 13.3. The predicted octanol–water partition coefficient (Wildman–Crippen LogP) is 4.30. The van der Waals surface area contributed by atoms with E-state index in [2.05, 4.69) is 64.6 Å². The molecule has 1 N–H and O–H groups in total. The van der Waals surface area contributed by atoms with Crippen molar-refractivity contribution in [3.8, 4) is 11.6 Å². The molecule has 0 radical (unpaired) electrons. The summed E-state index contributed by atoms with van der Waals surface area (Å²) in [6.07, 6.45) is 2.80. The summed E-state index contributed by atoms with van der Waals surface area (Å²) in [5.74, 6) is 0.605. The predicted molar refractivity (Wildman–Crippen MR) is 166 cm³/mol. The zero-order valence-corrected chi connectivity index (χ0v) is 27.1. The van der Waals surface area contributed by atoms with Crippen LogP contribution in [0.5, 0.6) is 11.6 Å². The monoisotopic (exact) mass is 599 g/mol. The SMILES string of the molecule is CCN(C(=O)c1cc(F)ccc1Oc1nncnc1N1CCC2(C1)CN(C(C[C@@H](O)CN(C)C(C)C)C(C)C)C2)C(C)C. The Kier molecular flexibility index (Phi) is 10.6. The van der Waals surface area contributed by atoms with E-state index in [4.69, 9.17) is 4.74 Å². The highest BCUT2D eigenvalue weighted by molar-refractivity contribution is 5.97. The van der Waals surface area contributed by atoms with Crippen LogP contribution in [0.25, 0.3) is 0 Å². The van der Waals surface area contributed by atoms with Gasteiger partial charge < -0.3 is 24.5 Å². The summed E-state index contributed by atoms with van der Waals surface area (Å²) in [6, 6.07) is 4.61. The molecule has 43 heavy (non-hydrogen) atoms. The topological polar surface area (TPSA) is 98.2 Å². The number of benzene rings is 1. The molecule has 2 aliphatic heterocycles. The van der Waals surface area contributed by atoms with Gasteiger partial charge in [-0.2, -0.15) is 0 Å². The van der Waals surface area contributed by atoms with Gasteiger partial charge in [0.05, 0.1) is 11.7 Å². The molecule has 4 rings (SSSR count). The number of carbonyl (C=O) groups is 1. The Bertz CT molecular complexity index is 1240. The fourth-order valence-electron chi connectivity index (χ4n) is 6.47. The van der Waals surface area contributed by atoms with E-state index in [0.29, 0.717) is 36.9 Å². The average molecular weight is 600 g/mol. The van der Waals surface area contributed by atoms with E-state index in [-0.39, 0.29) is 40.7 Å². The standard InChI is InChI=1S/C32H50FN7O3/c1-9-40(23(6)7)31(42)26-14-24(33)10-11-28(26)43-30-29(34-20-35-36-30)38-13-12-32(17-38)18-39(19-32)27(21(2)3)15-25(41)16-37(8)22(4)5/h10-11,14,20-23,25,27,41H,9,12-13,15-19H2,1-8H3/t25-,27?/m1/s1. The number of ether oxygens (including phenoxy) is 1. The molecule has 2 fully saturated rings. The van der Waals surface area contributed by atoms with E-state index in [9.17, 15) is 14.3 Å². The highest BCUT2D eigenvalue weighted by atomic mass is 19.1. The molecule has 0 saturated carbocycles. The lowest BCUT2D eigenvalue weighted by Crippen LogP contribution is -2.62. The lowest BCUT2D eigenvalue weighted by molar-refractivity contribution is -0.0487. The minimum Gasteiger partial charge on any atom is -0.434 e. The quantitative estimate of drug-likeness (QED) is 0.361. The van der Waals surface area contributed by atoms with Crippen molar-refractivity contribution >= 4 is 11.7 Å². The number of aliphatic hydroxyl groups excluding tert-OH is 1. The number of amides is 1. The Morgan fingerprint density at radius 3 is 2.49 bits per heavy atom. The number of anilines is 1. The lowest BCUT2D eigenvalue weighted by atomic mass is 9.76. The summed E-state index contributed by atoms with van der Waals surface area (Å²) in [4.78, 5) is 26.4. The van der Waals surface area contributed by atoms with E-state index in [1.165, 1.54) is 24.5 Å². The maximum Gasteiger partial charge on any atom is 0.282 e. The molecule has 1 spiro atoms. The second kappa shape index (κ2) is 13.8. The normalized spacial score (nSPS) is 18.1. The third-order valence-electron chi connectivity index (χ3n) is 9.12. The van der Waals surface area contributed by atoms with Crippen molar-refractivity contribution in [3.05, 3.63) is 35.9 Å². The molecule has 10 nitrogen and oxygen atoms in total. The summed E-state index contributed by atoms with van der Waals surface area (Å²) in [5, 5.41) is 19.0. The van der Waals surface area contributed by atoms with Crippen LogP contribution in [0, 0.1) is 17.2 Å². The van der Waals surface area contributed by atoms with E-state index >= 15 is 0 Å². The number of aromatic nitrogens is 3. The summed E-state index contributed by atoms with van der Waals surface area (Å²) in [7, 11) is 2.06. The van der Waals surface area contributed by atoms with Crippen molar-refractivity contribution in [1.29, 1.82) is 0 Å². The molecule has 1 aromatic heterocycles. The smallest absolute Gasteiger partial charge is 0.282 e. The maximum absolute atomic E-state index is 14.3. The molecular formula is C32H50FN7O3. The number of rotatable bonds is 13. The van der Waals surface area contributed by atoms with Gasteiger partial charge in [0.15, 0.2) is 5.82 Å². The molecule has 2 aromatic rings. The number of hydrogen-bond acceptors (Lipinski definition) is 9. The van der Waals surface area contributed by atoms with Gasteiger partial charge in [-0.3, -0.25) is 9.69 Å². The third kappa shape index (κ3) is 7.61. The number of halogens is 1. The molecule has 238 valence electrons. The van der Waals surface area contributed by atoms with Gasteiger partial charge in [-0.1, -0.05) is 13.8 Å². The van der Waals surface area contributed by atoms with Crippen LogP contribution in [0.1, 0.15) is 71.7 Å². The van der Waals surface area contributed by atoms with Crippen LogP contribution < -0.4 is 9.64 Å². The summed E-state index contributed by atoms with van der Waals surface area (Å²) in [6.45, 7) is 19.2. The zero-order valence-electron chi connectivity index (χ0n) is 27.1. The van der Waals surface area contributed by atoms with Crippen molar-refractivity contribution in [2.45, 2.75) is 85.5 Å². The van der Waals surface area contributed by atoms with Crippen molar-refractivity contribution in [3.63, 3.8) is 0 Å². The fraction of sp³-hybridized carbons (Fsp3) is 0.688. The van der Waals surface area contributed by atoms with E-state index in [0.717, 1.165) is 39.0 Å². The van der Waals surface area contributed by atoms with E-state index in [1.54, 1.807) is 4.90 Å². The molecule has 1 unspecified atom stereocenters. The molecule has 1 aromatic carbocycles. The molecule has 2 atom stereocenters. The van der Waals surface area contributed by atoms with Gasteiger partial charge in [-0.15, -0.1) is 10.2 Å². The lowest BCUT2D eigenvalue weighted by Gasteiger charge is -2.53. The number of nitrogens with zero attached hydrogens (tertiary/aromatic N) is 7. The minimum atomic E-state index is -0.511. The van der Waals surface area contributed by atoms with Crippen LogP contribution in [0.2, 0.25) is 0 Å². The first kappa shape index (κ1) is 33.0. The number of carbonyl (C=O) groups excluding carboxylic acids is 1. The van der Waals surface area contributed by atoms with Crippen LogP contribution >= 0.6 is 0 Å². The van der Waals surface area contributed by atoms with Crippen LogP contribution in [-0.2, 0) is 0 Å². The van der Waals surface area contributed by atoms with Gasteiger partial charge in [0.25, 0.3) is 11.8 Å². The molecule has 1 amide bonds. The molecule has 11 heteroatoms. The molecule has 2 aliphatic rings. The van der Waals surface area contributed by atoms with Gasteiger partial charge in [-0.05, 0) is 78.6 Å². The molecule has 0 bridgehead atoms. The van der Waals surface area contributed by atoms with Gasteiger partial charge in [0.1, 0.15) is 17.9 Å². The molecule has 0 aliphatic carbocycles. The van der Waals surface area contributed by atoms with Crippen molar-refractivity contribution < 1.29 is 19.0 Å². The first-order chi connectivity index (χ1) is 20.3. The van der Waals surface area contributed by atoms with E-state index < -0.39 is 5.82 Å². The highest BCUT2D eigenvalue weighted by Gasteiger charge is 2.50. The Balaban J connectivity index is 1.45. The maximum atomic E-state index is 14.3. The third-order valence-corrected chi connectivity index (χ3v) is 9.12. The van der Waals surface area contributed by atoms with Crippen molar-refractivity contribution in [1.82, 2.24) is 29.9 Å². The Morgan fingerprint density at radius 1 is 1.14 bits per heavy atom. The van der Waals surface area contributed by atoms with Crippen LogP contribution in [0.3, 0.4) is 0 Å². The van der Waals surface area contributed by atoms with Gasteiger partial charge in [-0.25, -0.2) is 9.37 Å². The molecular weight excluding hydrogens is 549 g/mol. The molecule has 3 heterocycles. The van der Waals surface area contributed by atoms with Crippen molar-refractivity contribution in [2.24, 2.45) is 11.3 Å². The minimum absolute atomic E-state index is 0.0508. The van der Waals surface area contributed by atoms with Gasteiger partial charge in [0, 0.05) is 62.8 Å². The number of likely N-dealkylation sites (N-methyl/N-ethyl adjacent to an activating group) is 1. The van der Waals surface area contributed by atoms with Crippen LogP contribution in [0.15, 0.2) is 24.5 Å². The summed E-state index contributed by atoms with van der Waals surface area (Å²) >= 11 is 0. The summed E-state index contributed by atoms with van der Waals surface area (Å²) in [5.41, 5.74) is 0.270. The highest BCUT2D eigenvalue weighted by Crippen LogP contribution is 2.44. The zero-order chi connectivity index (χ0) is 31.5. The number of likely N-dealkylation sites (tertiary alicyclic amines) is 1. The van der Waals surface area contributed by atoms with Crippen molar-refractivity contribution in [2.75, 3.05) is 51.2 Å². The van der Waals surface area contributed by atoms with Gasteiger partial charge >= 0.3 is 0 Å². The largest absolute Gasteiger partial charge is 0.434 e. The number of hydrogen-bond donors (Lipinski definition) is 1. The Labute approximate surface area is 256 Å². The Hall–Kier alpha value is -2.89. The fourth-order valence-corrected chi connectivity index (χ4v) is 6.47. The average Bonchev–Trinajstić information content (AvgIpc) is 3.38. The van der Waals surface area contributed by atoms with E-state index in [1.807, 2.05) is 20.8 Å². The first-order valence-corrected chi connectivity index (χ1v) is 15.7. The first-order valence-electron chi connectivity index (χ1n) is 15.7. The molecule has 2 saturated heterocycles. The van der Waals surface area contributed by atoms with Gasteiger partial charge in [0.2, 0.25) is 0 Å².